The molecule has 0 aliphatic carbocycles. The SMILES string of the molecule is O=C1CCC(C2NC(=O)c3cccc(OCc4ccc(CN5CCC(c6ccc(F)cc6)CC5)cc4)c32)C(=O)N1. The third-order valence-corrected chi connectivity index (χ3v) is 8.34. The Morgan fingerprint density at radius 3 is 2.33 bits per heavy atom. The number of piperidine rings is 2. The van der Waals surface area contributed by atoms with Crippen LogP contribution in [0.5, 0.6) is 5.75 Å². The molecule has 0 saturated carbocycles. The summed E-state index contributed by atoms with van der Waals surface area (Å²) in [6.45, 7) is 3.22. The minimum Gasteiger partial charge on any atom is -0.489 e. The molecule has 0 aromatic heterocycles. The molecule has 3 aliphatic rings. The van der Waals surface area contributed by atoms with Gasteiger partial charge in [0.25, 0.3) is 5.91 Å². The highest BCUT2D eigenvalue weighted by Crippen LogP contribution is 2.40. The first-order valence-electron chi connectivity index (χ1n) is 13.9. The standard InChI is InChI=1S/C32H32FN3O4/c33-24-10-8-22(9-11-24)23-14-16-36(17-15-23)18-20-4-6-21(7-5-20)19-40-27-3-1-2-25-29(27)30(35-31(25)38)26-12-13-28(37)34-32(26)39/h1-11,23,26,30H,12-19H2,(H,35,38)(H,34,37,39). The van der Waals surface area contributed by atoms with Crippen molar-refractivity contribution in [1.82, 2.24) is 15.5 Å². The molecule has 0 bridgehead atoms. The molecule has 2 saturated heterocycles. The fourth-order valence-electron chi connectivity index (χ4n) is 6.13. The number of rotatable bonds is 7. The van der Waals surface area contributed by atoms with Crippen LogP contribution in [0.25, 0.3) is 0 Å². The molecule has 3 heterocycles. The van der Waals surface area contributed by atoms with E-state index in [9.17, 15) is 18.8 Å². The van der Waals surface area contributed by atoms with Crippen molar-refractivity contribution >= 4 is 17.7 Å². The van der Waals surface area contributed by atoms with E-state index >= 15 is 0 Å². The van der Waals surface area contributed by atoms with Crippen LogP contribution in [0.4, 0.5) is 4.39 Å². The lowest BCUT2D eigenvalue weighted by atomic mass is 9.86. The molecule has 0 radical (unpaired) electrons. The van der Waals surface area contributed by atoms with E-state index in [-0.39, 0.29) is 30.0 Å². The molecule has 0 spiro atoms. The van der Waals surface area contributed by atoms with Gasteiger partial charge in [-0.25, -0.2) is 4.39 Å². The van der Waals surface area contributed by atoms with Crippen molar-refractivity contribution in [1.29, 1.82) is 0 Å². The van der Waals surface area contributed by atoms with Crippen LogP contribution in [0.15, 0.2) is 66.7 Å². The lowest BCUT2D eigenvalue weighted by molar-refractivity contribution is -0.137. The molecule has 3 aliphatic heterocycles. The zero-order valence-electron chi connectivity index (χ0n) is 22.2. The van der Waals surface area contributed by atoms with Crippen LogP contribution in [0.3, 0.4) is 0 Å². The highest BCUT2D eigenvalue weighted by molar-refractivity contribution is 6.03. The van der Waals surface area contributed by atoms with Crippen LogP contribution < -0.4 is 15.4 Å². The molecule has 2 unspecified atom stereocenters. The van der Waals surface area contributed by atoms with Gasteiger partial charge in [0.1, 0.15) is 18.2 Å². The molecule has 3 aromatic rings. The summed E-state index contributed by atoms with van der Waals surface area (Å²) in [5, 5.41) is 5.31. The summed E-state index contributed by atoms with van der Waals surface area (Å²) in [5.74, 6) is -0.539. The third-order valence-electron chi connectivity index (χ3n) is 8.34. The van der Waals surface area contributed by atoms with Crippen molar-refractivity contribution in [3.8, 4) is 5.75 Å². The average molecular weight is 542 g/mol. The van der Waals surface area contributed by atoms with Gasteiger partial charge in [-0.2, -0.15) is 0 Å². The quantitative estimate of drug-likeness (QED) is 0.426. The number of benzene rings is 3. The van der Waals surface area contributed by atoms with Gasteiger partial charge in [0.05, 0.1) is 12.0 Å². The van der Waals surface area contributed by atoms with Gasteiger partial charge in [0, 0.05) is 24.1 Å². The van der Waals surface area contributed by atoms with E-state index in [2.05, 4.69) is 39.8 Å². The molecule has 7 nitrogen and oxygen atoms in total. The van der Waals surface area contributed by atoms with Crippen LogP contribution in [0.1, 0.15) is 70.3 Å². The number of likely N-dealkylation sites (tertiary alicyclic amines) is 1. The van der Waals surface area contributed by atoms with E-state index in [0.717, 1.165) is 38.0 Å². The molecule has 3 aromatic carbocycles. The summed E-state index contributed by atoms with van der Waals surface area (Å²) in [7, 11) is 0. The van der Waals surface area contributed by atoms with Gasteiger partial charge in [-0.3, -0.25) is 24.6 Å². The number of amides is 3. The fourth-order valence-corrected chi connectivity index (χ4v) is 6.13. The van der Waals surface area contributed by atoms with Crippen LogP contribution in [-0.4, -0.2) is 35.7 Å². The van der Waals surface area contributed by atoms with Gasteiger partial charge in [-0.05, 0) is 79.2 Å². The Bertz CT molecular complexity index is 1420. The summed E-state index contributed by atoms with van der Waals surface area (Å²) >= 11 is 0. The topological polar surface area (TPSA) is 87.7 Å². The molecular weight excluding hydrogens is 509 g/mol. The zero-order valence-corrected chi connectivity index (χ0v) is 22.2. The Hall–Kier alpha value is -4.04. The molecule has 40 heavy (non-hydrogen) atoms. The normalized spacial score (nSPS) is 21.6. The first kappa shape index (κ1) is 26.2. The first-order chi connectivity index (χ1) is 19.4. The molecule has 2 atom stereocenters. The Labute approximate surface area is 232 Å². The third kappa shape index (κ3) is 5.49. The minimum atomic E-state index is -0.527. The van der Waals surface area contributed by atoms with Gasteiger partial charge in [-0.15, -0.1) is 0 Å². The Morgan fingerprint density at radius 2 is 1.60 bits per heavy atom. The zero-order chi connectivity index (χ0) is 27.6. The molecule has 206 valence electrons. The number of imide groups is 1. The number of ether oxygens (including phenoxy) is 1. The van der Waals surface area contributed by atoms with E-state index in [1.807, 2.05) is 18.2 Å². The van der Waals surface area contributed by atoms with Gasteiger partial charge >= 0.3 is 0 Å². The van der Waals surface area contributed by atoms with E-state index in [0.29, 0.717) is 35.8 Å². The second-order valence-electron chi connectivity index (χ2n) is 10.9. The van der Waals surface area contributed by atoms with Gasteiger partial charge in [-0.1, -0.05) is 42.5 Å². The van der Waals surface area contributed by atoms with Gasteiger partial charge in [0.2, 0.25) is 11.8 Å². The van der Waals surface area contributed by atoms with Crippen molar-refractivity contribution in [2.24, 2.45) is 5.92 Å². The molecule has 2 fully saturated rings. The Morgan fingerprint density at radius 1 is 0.875 bits per heavy atom. The van der Waals surface area contributed by atoms with E-state index in [4.69, 9.17) is 4.74 Å². The lowest BCUT2D eigenvalue weighted by Crippen LogP contribution is -2.45. The monoisotopic (exact) mass is 541 g/mol. The predicted molar refractivity (Wildman–Crippen MR) is 147 cm³/mol. The Balaban J connectivity index is 1.06. The summed E-state index contributed by atoms with van der Waals surface area (Å²) in [6, 6.07) is 20.1. The molecule has 3 amide bonds. The van der Waals surface area contributed by atoms with Gasteiger partial charge in [0.15, 0.2) is 0 Å². The first-order valence-corrected chi connectivity index (χ1v) is 13.9. The van der Waals surface area contributed by atoms with Crippen molar-refractivity contribution in [3.63, 3.8) is 0 Å². The van der Waals surface area contributed by atoms with Crippen LogP contribution in [0.2, 0.25) is 0 Å². The minimum absolute atomic E-state index is 0.189. The summed E-state index contributed by atoms with van der Waals surface area (Å²) in [4.78, 5) is 39.2. The number of nitrogens with one attached hydrogen (secondary N) is 2. The second-order valence-corrected chi connectivity index (χ2v) is 10.9. The number of hydrogen-bond acceptors (Lipinski definition) is 5. The molecule has 6 rings (SSSR count). The highest BCUT2D eigenvalue weighted by Gasteiger charge is 2.42. The van der Waals surface area contributed by atoms with Crippen LogP contribution >= 0.6 is 0 Å². The molecule has 2 N–H and O–H groups in total. The predicted octanol–water partition coefficient (Wildman–Crippen LogP) is 4.62. The number of carbonyl (C=O) groups is 3. The number of nitrogens with zero attached hydrogens (tertiary/aromatic N) is 1. The fraction of sp³-hybridized carbons (Fsp3) is 0.344. The van der Waals surface area contributed by atoms with E-state index < -0.39 is 12.0 Å². The van der Waals surface area contributed by atoms with Crippen molar-refractivity contribution in [3.05, 3.63) is 100 Å². The average Bonchev–Trinajstić information content (AvgIpc) is 3.30. The molecule has 8 heteroatoms. The van der Waals surface area contributed by atoms with Crippen molar-refractivity contribution in [2.45, 2.75) is 50.8 Å². The number of carbonyl (C=O) groups excluding carboxylic acids is 3. The Kier molecular flexibility index (Phi) is 7.34. The highest BCUT2D eigenvalue weighted by atomic mass is 19.1. The maximum absolute atomic E-state index is 13.2. The maximum Gasteiger partial charge on any atom is 0.252 e. The van der Waals surface area contributed by atoms with Crippen molar-refractivity contribution < 1.29 is 23.5 Å². The largest absolute Gasteiger partial charge is 0.489 e. The maximum atomic E-state index is 13.2. The summed E-state index contributed by atoms with van der Waals surface area (Å²) in [6.07, 6.45) is 2.76. The van der Waals surface area contributed by atoms with Crippen LogP contribution in [0, 0.1) is 11.7 Å². The van der Waals surface area contributed by atoms with Crippen molar-refractivity contribution in [2.75, 3.05) is 13.1 Å². The number of fused-ring (bicyclic) bond motifs is 1. The lowest BCUT2D eigenvalue weighted by Gasteiger charge is -2.32. The van der Waals surface area contributed by atoms with E-state index in [1.54, 1.807) is 24.3 Å². The molecular formula is C32H32FN3O4. The number of hydrogen-bond donors (Lipinski definition) is 2. The summed E-state index contributed by atoms with van der Waals surface area (Å²) < 4.78 is 19.4. The van der Waals surface area contributed by atoms with Crippen LogP contribution in [-0.2, 0) is 22.7 Å². The van der Waals surface area contributed by atoms with Gasteiger partial charge < -0.3 is 10.1 Å². The summed E-state index contributed by atoms with van der Waals surface area (Å²) in [5.41, 5.74) is 4.65. The number of halogens is 1. The smallest absolute Gasteiger partial charge is 0.252 e. The van der Waals surface area contributed by atoms with E-state index in [1.165, 1.54) is 11.1 Å². The second kappa shape index (κ2) is 11.2.